The molecular formula is C17H15NO3S. The van der Waals surface area contributed by atoms with E-state index in [-0.39, 0.29) is 5.97 Å². The SMILES string of the molecule is COC(=O)c1c2ccc(/C=C/[S+](C)[O-])cc2n2ccccc12. The van der Waals surface area contributed by atoms with Gasteiger partial charge in [-0.2, -0.15) is 0 Å². The molecule has 0 bridgehead atoms. The highest BCUT2D eigenvalue weighted by Gasteiger charge is 2.18. The molecule has 0 radical (unpaired) electrons. The van der Waals surface area contributed by atoms with Crippen LogP contribution in [-0.4, -0.2) is 28.3 Å². The molecule has 0 saturated carbocycles. The smallest absolute Gasteiger partial charge is 0.340 e. The quantitative estimate of drug-likeness (QED) is 0.551. The predicted octanol–water partition coefficient (Wildman–Crippen LogP) is 3.23. The van der Waals surface area contributed by atoms with Gasteiger partial charge < -0.3 is 13.7 Å². The zero-order valence-electron chi connectivity index (χ0n) is 12.3. The van der Waals surface area contributed by atoms with Gasteiger partial charge in [0, 0.05) is 11.6 Å². The number of hydrogen-bond donors (Lipinski definition) is 0. The molecule has 2 heterocycles. The molecule has 1 aromatic carbocycles. The van der Waals surface area contributed by atoms with Gasteiger partial charge >= 0.3 is 5.97 Å². The van der Waals surface area contributed by atoms with Crippen LogP contribution in [-0.2, 0) is 15.9 Å². The van der Waals surface area contributed by atoms with Crippen LogP contribution >= 0.6 is 0 Å². The molecule has 0 amide bonds. The molecule has 2 aromatic heterocycles. The summed E-state index contributed by atoms with van der Waals surface area (Å²) in [5.74, 6) is -0.350. The van der Waals surface area contributed by atoms with E-state index in [0.717, 1.165) is 22.0 Å². The van der Waals surface area contributed by atoms with Crippen molar-refractivity contribution in [1.82, 2.24) is 4.40 Å². The largest absolute Gasteiger partial charge is 0.612 e. The summed E-state index contributed by atoms with van der Waals surface area (Å²) in [4.78, 5) is 12.1. The highest BCUT2D eigenvalue weighted by atomic mass is 32.2. The van der Waals surface area contributed by atoms with Crippen LogP contribution in [0.25, 0.3) is 22.5 Å². The Kier molecular flexibility index (Phi) is 3.92. The molecule has 1 unspecified atom stereocenters. The Hall–Kier alpha value is -2.24. The van der Waals surface area contributed by atoms with Gasteiger partial charge in [0.05, 0.1) is 30.0 Å². The lowest BCUT2D eigenvalue weighted by atomic mass is 10.1. The van der Waals surface area contributed by atoms with Crippen LogP contribution in [0.4, 0.5) is 0 Å². The first-order valence-electron chi connectivity index (χ1n) is 6.73. The van der Waals surface area contributed by atoms with E-state index in [9.17, 15) is 9.35 Å². The van der Waals surface area contributed by atoms with E-state index in [2.05, 4.69) is 0 Å². The summed E-state index contributed by atoms with van der Waals surface area (Å²) in [6.07, 6.45) is 5.35. The summed E-state index contributed by atoms with van der Waals surface area (Å²) in [5, 5.41) is 2.48. The maximum absolute atomic E-state index is 12.1. The minimum absolute atomic E-state index is 0.350. The van der Waals surface area contributed by atoms with Crippen LogP contribution in [0.1, 0.15) is 15.9 Å². The van der Waals surface area contributed by atoms with Crippen LogP contribution < -0.4 is 0 Å². The fraction of sp³-hybridized carbons (Fsp3) is 0.118. The van der Waals surface area contributed by atoms with Gasteiger partial charge in [0.25, 0.3) is 0 Å². The number of aromatic nitrogens is 1. The molecule has 0 fully saturated rings. The lowest BCUT2D eigenvalue weighted by Crippen LogP contribution is -2.00. The average Bonchev–Trinajstić information content (AvgIpc) is 2.86. The van der Waals surface area contributed by atoms with Crippen molar-refractivity contribution in [2.24, 2.45) is 0 Å². The monoisotopic (exact) mass is 313 g/mol. The van der Waals surface area contributed by atoms with Gasteiger partial charge in [-0.05, 0) is 41.0 Å². The molecule has 0 N–H and O–H groups in total. The predicted molar refractivity (Wildman–Crippen MR) is 89.3 cm³/mol. The van der Waals surface area contributed by atoms with Gasteiger partial charge in [0.1, 0.15) is 5.41 Å². The molecule has 0 aliphatic heterocycles. The third kappa shape index (κ3) is 2.49. The van der Waals surface area contributed by atoms with E-state index in [1.807, 2.05) is 53.1 Å². The first-order valence-corrected chi connectivity index (χ1v) is 8.35. The van der Waals surface area contributed by atoms with E-state index in [0.29, 0.717) is 5.56 Å². The minimum Gasteiger partial charge on any atom is -0.612 e. The molecule has 0 spiro atoms. The number of carbonyl (C=O) groups is 1. The average molecular weight is 313 g/mol. The standard InChI is InChI=1S/C17H15NO3S/c1-21-17(19)16-13-7-6-12(8-10-22(2)20)11-15(13)18-9-4-3-5-14(16)18/h3-11H,1-2H3/b10-8+. The maximum atomic E-state index is 12.1. The van der Waals surface area contributed by atoms with Crippen LogP contribution in [0, 0.1) is 0 Å². The van der Waals surface area contributed by atoms with Gasteiger partial charge in [0.2, 0.25) is 0 Å². The Morgan fingerprint density at radius 1 is 1.27 bits per heavy atom. The molecule has 22 heavy (non-hydrogen) atoms. The molecule has 3 aromatic rings. The number of esters is 1. The van der Waals surface area contributed by atoms with Gasteiger partial charge in [-0.25, -0.2) is 4.79 Å². The first kappa shape index (κ1) is 14.7. The van der Waals surface area contributed by atoms with E-state index < -0.39 is 11.2 Å². The number of rotatable bonds is 3. The normalized spacial score (nSPS) is 13.0. The Bertz CT molecular complexity index is 880. The third-order valence-electron chi connectivity index (χ3n) is 3.51. The maximum Gasteiger partial charge on any atom is 0.340 e. The van der Waals surface area contributed by atoms with Crippen LogP contribution in [0.3, 0.4) is 0 Å². The molecule has 0 aliphatic rings. The molecule has 112 valence electrons. The second-order valence-corrected chi connectivity index (χ2v) is 6.17. The summed E-state index contributed by atoms with van der Waals surface area (Å²) < 4.78 is 18.1. The van der Waals surface area contributed by atoms with Crippen molar-refractivity contribution in [2.75, 3.05) is 13.4 Å². The minimum atomic E-state index is -0.992. The second-order valence-electron chi connectivity index (χ2n) is 4.90. The number of fused-ring (bicyclic) bond motifs is 3. The van der Waals surface area contributed by atoms with E-state index in [1.54, 1.807) is 11.7 Å². The lowest BCUT2D eigenvalue weighted by Gasteiger charge is -1.99. The lowest BCUT2D eigenvalue weighted by molar-refractivity contribution is 0.0605. The third-order valence-corrected chi connectivity index (χ3v) is 4.03. The van der Waals surface area contributed by atoms with Crippen molar-refractivity contribution in [3.63, 3.8) is 0 Å². The first-order chi connectivity index (χ1) is 10.6. The highest BCUT2D eigenvalue weighted by molar-refractivity contribution is 7.93. The van der Waals surface area contributed by atoms with Gasteiger partial charge in [0.15, 0.2) is 0 Å². The fourth-order valence-electron chi connectivity index (χ4n) is 2.55. The zero-order chi connectivity index (χ0) is 15.7. The summed E-state index contributed by atoms with van der Waals surface area (Å²) in [6.45, 7) is 0. The van der Waals surface area contributed by atoms with E-state index in [1.165, 1.54) is 7.11 Å². The molecule has 0 aliphatic carbocycles. The van der Waals surface area contributed by atoms with Crippen LogP contribution in [0.5, 0.6) is 0 Å². The summed E-state index contributed by atoms with van der Waals surface area (Å²) in [7, 11) is 1.38. The Labute approximate surface area is 131 Å². The number of ether oxygens (including phenoxy) is 1. The number of benzene rings is 1. The summed E-state index contributed by atoms with van der Waals surface area (Å²) >= 11 is -0.992. The van der Waals surface area contributed by atoms with Crippen molar-refractivity contribution in [3.05, 3.63) is 59.1 Å². The molecular weight excluding hydrogens is 298 g/mol. The van der Waals surface area contributed by atoms with Crippen LogP contribution in [0.2, 0.25) is 0 Å². The molecule has 1 atom stereocenters. The second kappa shape index (κ2) is 5.87. The van der Waals surface area contributed by atoms with Crippen molar-refractivity contribution >= 4 is 39.6 Å². The molecule has 3 rings (SSSR count). The van der Waals surface area contributed by atoms with Gasteiger partial charge in [-0.1, -0.05) is 18.2 Å². The summed E-state index contributed by atoms with van der Waals surface area (Å²) in [5.41, 5.74) is 3.22. The van der Waals surface area contributed by atoms with Crippen molar-refractivity contribution in [3.8, 4) is 0 Å². The molecule has 0 saturated heterocycles. The van der Waals surface area contributed by atoms with Crippen LogP contribution in [0.15, 0.2) is 48.0 Å². The number of methoxy groups -OCH3 is 1. The Morgan fingerprint density at radius 3 is 2.82 bits per heavy atom. The van der Waals surface area contributed by atoms with Crippen molar-refractivity contribution in [2.45, 2.75) is 0 Å². The van der Waals surface area contributed by atoms with Crippen molar-refractivity contribution < 1.29 is 14.1 Å². The summed E-state index contributed by atoms with van der Waals surface area (Å²) in [6, 6.07) is 11.5. The highest BCUT2D eigenvalue weighted by Crippen LogP contribution is 2.28. The molecule has 4 nitrogen and oxygen atoms in total. The van der Waals surface area contributed by atoms with E-state index in [4.69, 9.17) is 4.74 Å². The van der Waals surface area contributed by atoms with Gasteiger partial charge in [-0.3, -0.25) is 0 Å². The Balaban J connectivity index is 2.29. The topological polar surface area (TPSA) is 53.8 Å². The number of carbonyl (C=O) groups excluding carboxylic acids is 1. The number of pyridine rings is 1. The van der Waals surface area contributed by atoms with Gasteiger partial charge in [-0.15, -0.1) is 0 Å². The molecule has 5 heteroatoms. The Morgan fingerprint density at radius 2 is 2.09 bits per heavy atom. The number of nitrogens with zero attached hydrogens (tertiary/aromatic N) is 1. The van der Waals surface area contributed by atoms with E-state index >= 15 is 0 Å². The fourth-order valence-corrected chi connectivity index (χ4v) is 2.90. The zero-order valence-corrected chi connectivity index (χ0v) is 13.1. The van der Waals surface area contributed by atoms with Crippen molar-refractivity contribution in [1.29, 1.82) is 0 Å². The number of hydrogen-bond acceptors (Lipinski definition) is 3.